The lowest BCUT2D eigenvalue weighted by Gasteiger charge is -2.08. The van der Waals surface area contributed by atoms with Gasteiger partial charge in [-0.1, -0.05) is 23.4 Å². The van der Waals surface area contributed by atoms with Crippen molar-refractivity contribution >= 4 is 46.3 Å². The van der Waals surface area contributed by atoms with Gasteiger partial charge in [0.25, 0.3) is 0 Å². The highest BCUT2D eigenvalue weighted by atomic mass is 35.5. The Hall–Kier alpha value is -1.77. The molecule has 0 saturated carbocycles. The number of nitrogens with one attached hydrogen (secondary N) is 1. The number of ether oxygens (including phenoxy) is 2. The van der Waals surface area contributed by atoms with Gasteiger partial charge in [0, 0.05) is 31.6 Å². The van der Waals surface area contributed by atoms with Crippen LogP contribution in [0.2, 0.25) is 5.02 Å². The number of rotatable bonds is 11. The minimum absolute atomic E-state index is 0.104. The first-order chi connectivity index (χ1) is 13.0. The van der Waals surface area contributed by atoms with Crippen LogP contribution in [0.1, 0.15) is 19.8 Å². The number of carbonyl (C=O) groups is 2. The smallest absolute Gasteiger partial charge is 0.305 e. The minimum atomic E-state index is -0.244. The largest absolute Gasteiger partial charge is 0.466 e. The number of fused-ring (bicyclic) bond motifs is 1. The second-order valence-corrected chi connectivity index (χ2v) is 7.10. The Morgan fingerprint density at radius 1 is 1.37 bits per heavy atom. The first kappa shape index (κ1) is 21.5. The lowest BCUT2D eigenvalue weighted by atomic mass is 10.3. The average molecular weight is 414 g/mol. The fourth-order valence-electron chi connectivity index (χ4n) is 2.46. The van der Waals surface area contributed by atoms with Gasteiger partial charge >= 0.3 is 5.97 Å². The fraction of sp³-hybridized carbons (Fsp3) is 0.500. The molecule has 9 heteroatoms. The van der Waals surface area contributed by atoms with E-state index in [4.69, 9.17) is 21.1 Å². The van der Waals surface area contributed by atoms with E-state index in [1.165, 1.54) is 11.8 Å². The Balaban J connectivity index is 1.89. The van der Waals surface area contributed by atoms with E-state index in [0.717, 1.165) is 16.2 Å². The Bertz CT molecular complexity index is 781. The normalized spacial score (nSPS) is 10.9. The third kappa shape index (κ3) is 6.71. The molecule has 27 heavy (non-hydrogen) atoms. The molecule has 1 N–H and O–H groups in total. The number of amides is 1. The summed E-state index contributed by atoms with van der Waals surface area (Å²) in [5, 5.41) is 4.17. The Morgan fingerprint density at radius 3 is 2.93 bits per heavy atom. The van der Waals surface area contributed by atoms with E-state index in [2.05, 4.69) is 10.3 Å². The highest BCUT2D eigenvalue weighted by molar-refractivity contribution is 7.99. The van der Waals surface area contributed by atoms with Crippen molar-refractivity contribution in [3.05, 3.63) is 23.2 Å². The molecular formula is C18H24ClN3O4S. The van der Waals surface area contributed by atoms with E-state index in [1.807, 2.05) is 16.7 Å². The van der Waals surface area contributed by atoms with Gasteiger partial charge in [-0.25, -0.2) is 4.98 Å². The summed E-state index contributed by atoms with van der Waals surface area (Å²) in [7, 11) is 1.65. The topological polar surface area (TPSA) is 82.5 Å². The van der Waals surface area contributed by atoms with E-state index in [0.29, 0.717) is 44.2 Å². The van der Waals surface area contributed by atoms with Gasteiger partial charge in [0.05, 0.1) is 30.0 Å². The molecule has 1 aromatic heterocycles. The number of aromatic nitrogens is 2. The van der Waals surface area contributed by atoms with Crippen LogP contribution in [0.25, 0.3) is 11.0 Å². The van der Waals surface area contributed by atoms with Crippen LogP contribution in [-0.4, -0.2) is 54.0 Å². The molecule has 0 unspecified atom stereocenters. The van der Waals surface area contributed by atoms with Gasteiger partial charge in [-0.05, 0) is 31.5 Å². The zero-order valence-corrected chi connectivity index (χ0v) is 17.1. The summed E-state index contributed by atoms with van der Waals surface area (Å²) >= 11 is 7.41. The molecule has 0 fully saturated rings. The third-order valence-electron chi connectivity index (χ3n) is 3.71. The van der Waals surface area contributed by atoms with Gasteiger partial charge in [0.1, 0.15) is 0 Å². The standard InChI is InChI=1S/C18H24ClN3O4S/c1-3-26-17(24)5-4-8-20-16(23)12-27-18-21-14-11-13(19)6-7-15(14)22(18)9-10-25-2/h6-7,11H,3-5,8-10,12H2,1-2H3,(H,20,23). The molecular weight excluding hydrogens is 390 g/mol. The fourth-order valence-corrected chi connectivity index (χ4v) is 3.50. The first-order valence-electron chi connectivity index (χ1n) is 8.75. The maximum absolute atomic E-state index is 12.1. The molecule has 0 atom stereocenters. The molecule has 0 radical (unpaired) electrons. The lowest BCUT2D eigenvalue weighted by Crippen LogP contribution is -2.26. The van der Waals surface area contributed by atoms with E-state index in [1.54, 1.807) is 20.1 Å². The van der Waals surface area contributed by atoms with Crippen LogP contribution >= 0.6 is 23.4 Å². The molecule has 2 aromatic rings. The summed E-state index contributed by atoms with van der Waals surface area (Å²) < 4.78 is 12.0. The second kappa shape index (κ2) is 11.2. The number of benzene rings is 1. The minimum Gasteiger partial charge on any atom is -0.466 e. The number of esters is 1. The summed E-state index contributed by atoms with van der Waals surface area (Å²) in [4.78, 5) is 27.9. The van der Waals surface area contributed by atoms with Gasteiger partial charge in [-0.15, -0.1) is 0 Å². The molecule has 7 nitrogen and oxygen atoms in total. The highest BCUT2D eigenvalue weighted by Crippen LogP contribution is 2.26. The number of carbonyl (C=O) groups excluding carboxylic acids is 2. The molecule has 0 aliphatic rings. The van der Waals surface area contributed by atoms with Crippen LogP contribution in [0.5, 0.6) is 0 Å². The van der Waals surface area contributed by atoms with Gasteiger partial charge < -0.3 is 19.4 Å². The summed E-state index contributed by atoms with van der Waals surface area (Å²) in [5.41, 5.74) is 1.74. The molecule has 0 aliphatic heterocycles. The van der Waals surface area contributed by atoms with E-state index in [-0.39, 0.29) is 17.6 Å². The number of imidazole rings is 1. The maximum Gasteiger partial charge on any atom is 0.305 e. The van der Waals surface area contributed by atoms with E-state index < -0.39 is 0 Å². The van der Waals surface area contributed by atoms with Crippen molar-refractivity contribution in [3.8, 4) is 0 Å². The number of nitrogens with zero attached hydrogens (tertiary/aromatic N) is 2. The van der Waals surface area contributed by atoms with Crippen molar-refractivity contribution in [1.29, 1.82) is 0 Å². The second-order valence-electron chi connectivity index (χ2n) is 5.72. The van der Waals surface area contributed by atoms with Crippen molar-refractivity contribution in [2.24, 2.45) is 0 Å². The monoisotopic (exact) mass is 413 g/mol. The van der Waals surface area contributed by atoms with E-state index >= 15 is 0 Å². The molecule has 1 heterocycles. The molecule has 148 valence electrons. The van der Waals surface area contributed by atoms with Crippen molar-refractivity contribution in [3.63, 3.8) is 0 Å². The van der Waals surface area contributed by atoms with Crippen LogP contribution in [0.3, 0.4) is 0 Å². The highest BCUT2D eigenvalue weighted by Gasteiger charge is 2.13. The number of halogens is 1. The van der Waals surface area contributed by atoms with E-state index in [9.17, 15) is 9.59 Å². The Morgan fingerprint density at radius 2 is 2.19 bits per heavy atom. The van der Waals surface area contributed by atoms with Gasteiger partial charge in [0.2, 0.25) is 5.91 Å². The molecule has 0 aliphatic carbocycles. The van der Waals surface area contributed by atoms with Crippen molar-refractivity contribution in [1.82, 2.24) is 14.9 Å². The van der Waals surface area contributed by atoms with Crippen LogP contribution in [0.4, 0.5) is 0 Å². The average Bonchev–Trinajstić information content (AvgIpc) is 2.98. The zero-order chi connectivity index (χ0) is 19.6. The summed E-state index contributed by atoms with van der Waals surface area (Å²) in [6, 6.07) is 5.54. The van der Waals surface area contributed by atoms with Crippen LogP contribution in [-0.2, 0) is 25.6 Å². The number of hydrogen-bond acceptors (Lipinski definition) is 6. The number of hydrogen-bond donors (Lipinski definition) is 1. The van der Waals surface area contributed by atoms with Crippen molar-refractivity contribution < 1.29 is 19.1 Å². The number of thioether (sulfide) groups is 1. The molecule has 1 amide bonds. The van der Waals surface area contributed by atoms with Crippen LogP contribution in [0.15, 0.2) is 23.4 Å². The van der Waals surface area contributed by atoms with Gasteiger partial charge in [0.15, 0.2) is 5.16 Å². The maximum atomic E-state index is 12.1. The SMILES string of the molecule is CCOC(=O)CCCNC(=O)CSc1nc2cc(Cl)ccc2n1CCOC. The molecule has 0 spiro atoms. The molecule has 0 saturated heterocycles. The zero-order valence-electron chi connectivity index (χ0n) is 15.5. The Labute approximate surface area is 167 Å². The predicted molar refractivity (Wildman–Crippen MR) is 106 cm³/mol. The lowest BCUT2D eigenvalue weighted by molar-refractivity contribution is -0.143. The molecule has 2 rings (SSSR count). The van der Waals surface area contributed by atoms with Crippen LogP contribution in [0, 0.1) is 0 Å². The Kier molecular flexibility index (Phi) is 8.90. The quantitative estimate of drug-likeness (QED) is 0.346. The predicted octanol–water partition coefficient (Wildman–Crippen LogP) is 2.89. The molecule has 0 bridgehead atoms. The van der Waals surface area contributed by atoms with Crippen LogP contribution < -0.4 is 5.32 Å². The van der Waals surface area contributed by atoms with Crippen molar-refractivity contribution in [2.45, 2.75) is 31.5 Å². The first-order valence-corrected chi connectivity index (χ1v) is 10.1. The van der Waals surface area contributed by atoms with Gasteiger partial charge in [-0.3, -0.25) is 9.59 Å². The van der Waals surface area contributed by atoms with Gasteiger partial charge in [-0.2, -0.15) is 0 Å². The number of methoxy groups -OCH3 is 1. The third-order valence-corrected chi connectivity index (χ3v) is 4.92. The summed E-state index contributed by atoms with van der Waals surface area (Å²) in [6.45, 7) is 3.76. The molecule has 1 aromatic carbocycles. The van der Waals surface area contributed by atoms with Crippen molar-refractivity contribution in [2.75, 3.05) is 32.6 Å². The summed E-state index contributed by atoms with van der Waals surface area (Å²) in [5.74, 6) is -0.109. The summed E-state index contributed by atoms with van der Waals surface area (Å²) in [6.07, 6.45) is 0.856.